The van der Waals surface area contributed by atoms with E-state index < -0.39 is 0 Å². The number of aliphatic hydroxyl groups is 1. The Morgan fingerprint density at radius 2 is 1.82 bits per heavy atom. The van der Waals surface area contributed by atoms with Crippen molar-refractivity contribution in [2.24, 2.45) is 5.92 Å². The van der Waals surface area contributed by atoms with Gasteiger partial charge in [-0.3, -0.25) is 0 Å². The van der Waals surface area contributed by atoms with Gasteiger partial charge in [-0.25, -0.2) is 0 Å². The predicted octanol–water partition coefficient (Wildman–Crippen LogP) is 2.55. The molecule has 1 rings (SSSR count). The van der Waals surface area contributed by atoms with Crippen LogP contribution in [0.4, 0.5) is 0 Å². The van der Waals surface area contributed by atoms with Crippen LogP contribution < -0.4 is 0 Å². The van der Waals surface area contributed by atoms with Gasteiger partial charge in [-0.1, -0.05) is 19.3 Å². The van der Waals surface area contributed by atoms with Crippen molar-refractivity contribution in [2.45, 2.75) is 50.5 Å². The number of rotatable bonds is 2. The lowest BCUT2D eigenvalue weighted by atomic mass is 9.84. The molecule has 1 aliphatic carbocycles. The van der Waals surface area contributed by atoms with Gasteiger partial charge in [0, 0.05) is 0 Å². The van der Waals surface area contributed by atoms with Crippen LogP contribution in [0.15, 0.2) is 0 Å². The first-order valence-electron chi connectivity index (χ1n) is 4.54. The molecular formula is C9H17ClO. The summed E-state index contributed by atoms with van der Waals surface area (Å²) in [5.41, 5.74) is 0. The third-order valence-corrected chi connectivity index (χ3v) is 2.86. The highest BCUT2D eigenvalue weighted by molar-refractivity contribution is 6.20. The number of hydrogen-bond acceptors (Lipinski definition) is 1. The molecule has 0 aliphatic heterocycles. The highest BCUT2D eigenvalue weighted by Gasteiger charge is 2.24. The fourth-order valence-corrected chi connectivity index (χ4v) is 2.06. The van der Waals surface area contributed by atoms with Crippen molar-refractivity contribution in [2.75, 3.05) is 0 Å². The zero-order chi connectivity index (χ0) is 8.27. The minimum absolute atomic E-state index is 0.0851. The molecule has 0 spiro atoms. The first-order valence-corrected chi connectivity index (χ1v) is 4.97. The summed E-state index contributed by atoms with van der Waals surface area (Å²) in [4.78, 5) is 0. The second kappa shape index (κ2) is 4.32. The summed E-state index contributed by atoms with van der Waals surface area (Å²) in [6, 6.07) is 0. The Kier molecular flexibility index (Phi) is 3.67. The molecule has 0 aromatic heterocycles. The van der Waals surface area contributed by atoms with Gasteiger partial charge in [0.05, 0.1) is 11.5 Å². The summed E-state index contributed by atoms with van der Waals surface area (Å²) < 4.78 is 0. The summed E-state index contributed by atoms with van der Waals surface area (Å²) in [6.07, 6.45) is 5.92. The fourth-order valence-electron chi connectivity index (χ4n) is 1.85. The second-order valence-electron chi connectivity index (χ2n) is 3.57. The van der Waals surface area contributed by atoms with Crippen molar-refractivity contribution in [1.29, 1.82) is 0 Å². The molecule has 2 heteroatoms. The molecule has 0 heterocycles. The van der Waals surface area contributed by atoms with Crippen LogP contribution in [0.1, 0.15) is 39.0 Å². The lowest BCUT2D eigenvalue weighted by molar-refractivity contribution is 0.0846. The Hall–Kier alpha value is 0.250. The van der Waals surface area contributed by atoms with E-state index in [9.17, 15) is 5.11 Å². The minimum atomic E-state index is -0.281. The third kappa shape index (κ3) is 2.64. The Morgan fingerprint density at radius 1 is 1.27 bits per heavy atom. The van der Waals surface area contributed by atoms with Crippen LogP contribution in [-0.2, 0) is 0 Å². The van der Waals surface area contributed by atoms with Crippen molar-refractivity contribution in [3.8, 4) is 0 Å². The second-order valence-corrected chi connectivity index (χ2v) is 4.25. The quantitative estimate of drug-likeness (QED) is 0.642. The van der Waals surface area contributed by atoms with Crippen LogP contribution in [0.3, 0.4) is 0 Å². The van der Waals surface area contributed by atoms with E-state index in [2.05, 4.69) is 0 Å². The van der Waals surface area contributed by atoms with Crippen molar-refractivity contribution in [3.63, 3.8) is 0 Å². The highest BCUT2D eigenvalue weighted by Crippen LogP contribution is 2.28. The molecule has 66 valence electrons. The molecule has 0 saturated heterocycles. The Bertz CT molecular complexity index is 108. The minimum Gasteiger partial charge on any atom is -0.391 e. The van der Waals surface area contributed by atoms with Gasteiger partial charge in [-0.05, 0) is 25.7 Å². The van der Waals surface area contributed by atoms with Crippen LogP contribution >= 0.6 is 11.6 Å². The van der Waals surface area contributed by atoms with Gasteiger partial charge in [0.15, 0.2) is 0 Å². The van der Waals surface area contributed by atoms with Gasteiger partial charge in [-0.2, -0.15) is 0 Å². The molecule has 0 aromatic carbocycles. The van der Waals surface area contributed by atoms with Crippen LogP contribution in [0.2, 0.25) is 0 Å². The molecule has 1 nitrogen and oxygen atoms in total. The van der Waals surface area contributed by atoms with Crippen LogP contribution in [-0.4, -0.2) is 16.6 Å². The number of aliphatic hydroxyl groups excluding tert-OH is 1. The van der Waals surface area contributed by atoms with E-state index in [-0.39, 0.29) is 11.5 Å². The van der Waals surface area contributed by atoms with Crippen LogP contribution in [0.25, 0.3) is 0 Å². The van der Waals surface area contributed by atoms with E-state index in [4.69, 9.17) is 11.6 Å². The summed E-state index contributed by atoms with van der Waals surface area (Å²) >= 11 is 5.81. The topological polar surface area (TPSA) is 20.2 Å². The Morgan fingerprint density at radius 3 is 2.27 bits per heavy atom. The van der Waals surface area contributed by atoms with Crippen molar-refractivity contribution in [3.05, 3.63) is 0 Å². The zero-order valence-corrected chi connectivity index (χ0v) is 7.85. The predicted molar refractivity (Wildman–Crippen MR) is 47.9 cm³/mol. The molecule has 1 fully saturated rings. The lowest BCUT2D eigenvalue weighted by Crippen LogP contribution is -2.29. The van der Waals surface area contributed by atoms with E-state index in [1.54, 1.807) is 0 Å². The third-order valence-electron chi connectivity index (χ3n) is 2.60. The molecule has 0 bridgehead atoms. The van der Waals surface area contributed by atoms with Crippen molar-refractivity contribution in [1.82, 2.24) is 0 Å². The first kappa shape index (κ1) is 9.34. The van der Waals surface area contributed by atoms with Gasteiger partial charge in [0.1, 0.15) is 0 Å². The molecule has 2 atom stereocenters. The lowest BCUT2D eigenvalue weighted by Gasteiger charge is -2.27. The SMILES string of the molecule is CC(Cl)C(O)C1CCCCC1. The van der Waals surface area contributed by atoms with E-state index in [1.165, 1.54) is 19.3 Å². The standard InChI is InChI=1S/C9H17ClO/c1-7(10)9(11)8-5-3-2-4-6-8/h7-9,11H,2-6H2,1H3. The Labute approximate surface area is 73.8 Å². The number of halogens is 1. The smallest absolute Gasteiger partial charge is 0.0729 e. The van der Waals surface area contributed by atoms with Gasteiger partial charge in [0.25, 0.3) is 0 Å². The largest absolute Gasteiger partial charge is 0.391 e. The molecule has 0 radical (unpaired) electrons. The molecule has 2 unspecified atom stereocenters. The molecule has 1 saturated carbocycles. The van der Waals surface area contributed by atoms with E-state index in [0.29, 0.717) is 5.92 Å². The summed E-state index contributed by atoms with van der Waals surface area (Å²) in [5.74, 6) is 0.469. The maximum Gasteiger partial charge on any atom is 0.0729 e. The van der Waals surface area contributed by atoms with Crippen molar-refractivity contribution >= 4 is 11.6 Å². The molecular weight excluding hydrogens is 160 g/mol. The number of alkyl halides is 1. The molecule has 1 aliphatic rings. The average molecular weight is 177 g/mol. The van der Waals surface area contributed by atoms with E-state index in [0.717, 1.165) is 12.8 Å². The van der Waals surface area contributed by atoms with E-state index >= 15 is 0 Å². The Balaban J connectivity index is 2.32. The zero-order valence-electron chi connectivity index (χ0n) is 7.09. The maximum absolute atomic E-state index is 9.62. The average Bonchev–Trinajstić information content (AvgIpc) is 2.05. The first-order chi connectivity index (χ1) is 5.22. The molecule has 0 amide bonds. The summed E-state index contributed by atoms with van der Waals surface area (Å²) in [5, 5.41) is 9.53. The molecule has 0 aromatic rings. The summed E-state index contributed by atoms with van der Waals surface area (Å²) in [6.45, 7) is 1.88. The van der Waals surface area contributed by atoms with Crippen LogP contribution in [0.5, 0.6) is 0 Å². The maximum atomic E-state index is 9.62. The molecule has 1 N–H and O–H groups in total. The van der Waals surface area contributed by atoms with Crippen molar-refractivity contribution < 1.29 is 5.11 Å². The highest BCUT2D eigenvalue weighted by atomic mass is 35.5. The van der Waals surface area contributed by atoms with Gasteiger partial charge in [-0.15, -0.1) is 11.6 Å². The van der Waals surface area contributed by atoms with Crippen LogP contribution in [0, 0.1) is 5.92 Å². The molecule has 11 heavy (non-hydrogen) atoms. The van der Waals surface area contributed by atoms with Gasteiger partial charge < -0.3 is 5.11 Å². The summed E-state index contributed by atoms with van der Waals surface area (Å²) in [7, 11) is 0. The fraction of sp³-hybridized carbons (Fsp3) is 1.00. The van der Waals surface area contributed by atoms with E-state index in [1.807, 2.05) is 6.92 Å². The van der Waals surface area contributed by atoms with Gasteiger partial charge in [0.2, 0.25) is 0 Å². The monoisotopic (exact) mass is 176 g/mol. The van der Waals surface area contributed by atoms with Gasteiger partial charge >= 0.3 is 0 Å². The number of hydrogen-bond donors (Lipinski definition) is 1. The normalized spacial score (nSPS) is 26.5.